The van der Waals surface area contributed by atoms with Crippen LogP contribution in [0.5, 0.6) is 11.5 Å². The van der Waals surface area contributed by atoms with Gasteiger partial charge in [-0.3, -0.25) is 4.79 Å². The molecule has 1 aromatic rings. The van der Waals surface area contributed by atoms with Gasteiger partial charge in [-0.25, -0.2) is 4.79 Å². The van der Waals surface area contributed by atoms with Gasteiger partial charge in [0.25, 0.3) is 0 Å². The van der Waals surface area contributed by atoms with Gasteiger partial charge in [0.1, 0.15) is 6.61 Å². The maximum Gasteiger partial charge on any atom is 0.336 e. The molecule has 1 saturated heterocycles. The van der Waals surface area contributed by atoms with Crippen LogP contribution < -0.4 is 14.8 Å². The lowest BCUT2D eigenvalue weighted by Gasteiger charge is -2.39. The second-order valence-electron chi connectivity index (χ2n) is 9.89. The van der Waals surface area contributed by atoms with Gasteiger partial charge in [0, 0.05) is 40.4 Å². The Morgan fingerprint density at radius 2 is 2.00 bits per heavy atom. The minimum absolute atomic E-state index is 0.0419. The Bertz CT molecular complexity index is 1080. The number of fused-ring (bicyclic) bond motifs is 1. The van der Waals surface area contributed by atoms with Crippen LogP contribution in [0, 0.1) is 5.41 Å². The monoisotopic (exact) mass is 517 g/mol. The third kappa shape index (κ3) is 4.19. The number of esters is 1. The van der Waals surface area contributed by atoms with Crippen molar-refractivity contribution in [2.75, 3.05) is 20.0 Å². The molecule has 0 bridgehead atoms. The predicted molar refractivity (Wildman–Crippen MR) is 124 cm³/mol. The zero-order valence-corrected chi connectivity index (χ0v) is 20.7. The Kier molecular flexibility index (Phi) is 5.77. The molecule has 0 aromatic heterocycles. The highest BCUT2D eigenvalue weighted by Gasteiger charge is 2.44. The first kappa shape index (κ1) is 22.5. The third-order valence-corrected chi connectivity index (χ3v) is 7.37. The second-order valence-corrected chi connectivity index (χ2v) is 10.7. The Balaban J connectivity index is 1.57. The molecule has 0 amide bonds. The Morgan fingerprint density at radius 1 is 1.24 bits per heavy atom. The molecule has 1 N–H and O–H groups in total. The van der Waals surface area contributed by atoms with E-state index in [-0.39, 0.29) is 30.7 Å². The van der Waals surface area contributed by atoms with E-state index in [1.165, 1.54) is 0 Å². The number of benzene rings is 1. The molecule has 5 rings (SSSR count). The highest BCUT2D eigenvalue weighted by atomic mass is 79.9. The van der Waals surface area contributed by atoms with E-state index < -0.39 is 11.9 Å². The third-order valence-electron chi connectivity index (χ3n) is 6.69. The topological polar surface area (TPSA) is 83.1 Å². The minimum Gasteiger partial charge on any atom is -0.459 e. The normalized spacial score (nSPS) is 25.8. The Hall–Kier alpha value is -2.32. The number of rotatable bonds is 4. The molecule has 176 valence electrons. The van der Waals surface area contributed by atoms with Crippen molar-refractivity contribution in [3.05, 3.63) is 44.7 Å². The van der Waals surface area contributed by atoms with Gasteiger partial charge in [0.05, 0.1) is 11.7 Å². The fourth-order valence-electron chi connectivity index (χ4n) is 5.19. The fourth-order valence-corrected chi connectivity index (χ4v) is 5.75. The van der Waals surface area contributed by atoms with E-state index in [9.17, 15) is 9.59 Å². The summed E-state index contributed by atoms with van der Waals surface area (Å²) >= 11 is 3.65. The SMILES string of the molecule is CC1=C(C(=O)OC[C@H]2CCCO2)[C@@H](c2cc3c(cc2Br)OCO3)C2=C(CC(C)(C)CC2=O)N1. The van der Waals surface area contributed by atoms with Crippen LogP contribution in [0.4, 0.5) is 0 Å². The van der Waals surface area contributed by atoms with E-state index in [1.807, 2.05) is 19.1 Å². The fraction of sp³-hybridized carbons (Fsp3) is 0.520. The van der Waals surface area contributed by atoms with Crippen LogP contribution in [0.25, 0.3) is 0 Å². The van der Waals surface area contributed by atoms with Gasteiger partial charge in [0.2, 0.25) is 6.79 Å². The highest BCUT2D eigenvalue weighted by molar-refractivity contribution is 9.10. The zero-order chi connectivity index (χ0) is 23.3. The summed E-state index contributed by atoms with van der Waals surface area (Å²) in [6, 6.07) is 3.70. The maximum atomic E-state index is 13.5. The first-order chi connectivity index (χ1) is 15.7. The van der Waals surface area contributed by atoms with Crippen molar-refractivity contribution in [1.29, 1.82) is 0 Å². The molecular formula is C25H28BrNO6. The molecule has 0 spiro atoms. The molecule has 0 saturated carbocycles. The summed E-state index contributed by atoms with van der Waals surface area (Å²) < 4.78 is 23.2. The van der Waals surface area contributed by atoms with Crippen LogP contribution in [0.3, 0.4) is 0 Å². The van der Waals surface area contributed by atoms with E-state index in [4.69, 9.17) is 18.9 Å². The molecule has 4 aliphatic rings. The van der Waals surface area contributed by atoms with Crippen molar-refractivity contribution in [2.45, 2.75) is 58.5 Å². The van der Waals surface area contributed by atoms with Gasteiger partial charge >= 0.3 is 5.97 Å². The van der Waals surface area contributed by atoms with Gasteiger partial charge in [-0.15, -0.1) is 0 Å². The van der Waals surface area contributed by atoms with Crippen LogP contribution in [-0.4, -0.2) is 37.9 Å². The Labute approximate surface area is 201 Å². The average Bonchev–Trinajstić information content (AvgIpc) is 3.41. The molecule has 0 radical (unpaired) electrons. The van der Waals surface area contributed by atoms with E-state index in [0.29, 0.717) is 41.4 Å². The number of ether oxygens (including phenoxy) is 4. The molecule has 0 unspecified atom stereocenters. The molecule has 8 heteroatoms. The number of dihydropyridines is 1. The van der Waals surface area contributed by atoms with Crippen molar-refractivity contribution >= 4 is 27.7 Å². The van der Waals surface area contributed by atoms with Gasteiger partial charge < -0.3 is 24.3 Å². The standard InChI is InChI=1S/C25H28BrNO6/c1-13-21(24(29)31-11-14-5-4-6-30-14)22(15-7-19-20(8-16(15)26)33-12-32-19)23-17(27-13)9-25(2,3)10-18(23)28/h7-8,14,22,27H,4-6,9-12H2,1-3H3/t14-,22-/m1/s1. The summed E-state index contributed by atoms with van der Waals surface area (Å²) in [5, 5.41) is 3.37. The molecule has 1 fully saturated rings. The highest BCUT2D eigenvalue weighted by Crippen LogP contribution is 2.50. The number of allylic oxidation sites excluding steroid dienone is 3. The number of Topliss-reactive ketones (excluding diaryl/α,β-unsaturated/α-hetero) is 1. The summed E-state index contributed by atoms with van der Waals surface area (Å²) in [5.74, 6) is 0.274. The zero-order valence-electron chi connectivity index (χ0n) is 19.1. The quantitative estimate of drug-likeness (QED) is 0.588. The van der Waals surface area contributed by atoms with E-state index >= 15 is 0 Å². The van der Waals surface area contributed by atoms with Crippen molar-refractivity contribution in [3.63, 3.8) is 0 Å². The van der Waals surface area contributed by atoms with Crippen LogP contribution in [0.15, 0.2) is 39.1 Å². The first-order valence-corrected chi connectivity index (χ1v) is 12.1. The summed E-state index contributed by atoms with van der Waals surface area (Å²) in [7, 11) is 0. The maximum absolute atomic E-state index is 13.5. The second kappa shape index (κ2) is 8.47. The smallest absolute Gasteiger partial charge is 0.336 e. The lowest BCUT2D eigenvalue weighted by Crippen LogP contribution is -2.39. The van der Waals surface area contributed by atoms with Crippen molar-refractivity contribution < 1.29 is 28.5 Å². The van der Waals surface area contributed by atoms with Crippen molar-refractivity contribution in [1.82, 2.24) is 5.32 Å². The molecule has 1 aromatic carbocycles. The van der Waals surface area contributed by atoms with Gasteiger partial charge in [-0.1, -0.05) is 29.8 Å². The van der Waals surface area contributed by atoms with Crippen molar-refractivity contribution in [2.24, 2.45) is 5.41 Å². The molecule has 1 aliphatic carbocycles. The first-order valence-electron chi connectivity index (χ1n) is 11.4. The average molecular weight is 518 g/mol. The minimum atomic E-state index is -0.564. The van der Waals surface area contributed by atoms with Gasteiger partial charge in [-0.05, 0) is 49.3 Å². The number of halogens is 1. The van der Waals surface area contributed by atoms with E-state index in [2.05, 4.69) is 35.1 Å². The summed E-state index contributed by atoms with van der Waals surface area (Å²) in [4.78, 5) is 26.9. The summed E-state index contributed by atoms with van der Waals surface area (Å²) in [6.45, 7) is 7.09. The molecule has 7 nitrogen and oxygen atoms in total. The number of ketones is 1. The molecular weight excluding hydrogens is 490 g/mol. The van der Waals surface area contributed by atoms with Crippen LogP contribution in [0.1, 0.15) is 57.9 Å². The molecule has 3 aliphatic heterocycles. The molecule has 2 atom stereocenters. The Morgan fingerprint density at radius 3 is 2.73 bits per heavy atom. The van der Waals surface area contributed by atoms with Gasteiger partial charge in [0.15, 0.2) is 17.3 Å². The number of hydrogen-bond donors (Lipinski definition) is 1. The number of hydrogen-bond acceptors (Lipinski definition) is 7. The lowest BCUT2D eigenvalue weighted by molar-refractivity contribution is -0.142. The summed E-state index contributed by atoms with van der Waals surface area (Å²) in [6.07, 6.45) is 2.92. The largest absolute Gasteiger partial charge is 0.459 e. The molecule has 33 heavy (non-hydrogen) atoms. The number of carbonyl (C=O) groups excluding carboxylic acids is 2. The van der Waals surface area contributed by atoms with Crippen LogP contribution >= 0.6 is 15.9 Å². The van der Waals surface area contributed by atoms with E-state index in [1.54, 1.807) is 0 Å². The number of nitrogens with one attached hydrogen (secondary N) is 1. The lowest BCUT2D eigenvalue weighted by atomic mass is 9.68. The predicted octanol–water partition coefficient (Wildman–Crippen LogP) is 4.50. The van der Waals surface area contributed by atoms with E-state index in [0.717, 1.165) is 35.0 Å². The molecule has 3 heterocycles. The summed E-state index contributed by atoms with van der Waals surface area (Å²) in [5.41, 5.74) is 3.27. The van der Waals surface area contributed by atoms with Gasteiger partial charge in [-0.2, -0.15) is 0 Å². The van der Waals surface area contributed by atoms with Crippen LogP contribution in [0.2, 0.25) is 0 Å². The number of carbonyl (C=O) groups is 2. The van der Waals surface area contributed by atoms with Crippen LogP contribution in [-0.2, 0) is 19.1 Å². The van der Waals surface area contributed by atoms with Crippen molar-refractivity contribution in [3.8, 4) is 11.5 Å².